The van der Waals surface area contributed by atoms with Crippen molar-refractivity contribution in [2.24, 2.45) is 4.99 Å². The van der Waals surface area contributed by atoms with Gasteiger partial charge in [0, 0.05) is 38.3 Å². The smallest absolute Gasteiger partial charge is 0.409 e. The molecule has 8 heteroatoms. The zero-order chi connectivity index (χ0) is 21.4. The van der Waals surface area contributed by atoms with Crippen molar-refractivity contribution in [2.75, 3.05) is 66.5 Å². The Labute approximate surface area is 182 Å². The highest BCUT2D eigenvalue weighted by Crippen LogP contribution is 2.30. The maximum absolute atomic E-state index is 11.9. The van der Waals surface area contributed by atoms with E-state index in [0.717, 1.165) is 51.5 Å². The summed E-state index contributed by atoms with van der Waals surface area (Å²) in [5.74, 6) is 0.889. The van der Waals surface area contributed by atoms with Gasteiger partial charge >= 0.3 is 6.09 Å². The van der Waals surface area contributed by atoms with E-state index in [9.17, 15) is 4.79 Å². The molecule has 3 saturated heterocycles. The molecule has 3 aliphatic rings. The summed E-state index contributed by atoms with van der Waals surface area (Å²) in [6, 6.07) is 0.338. The van der Waals surface area contributed by atoms with Gasteiger partial charge < -0.3 is 25.2 Å². The lowest BCUT2D eigenvalue weighted by Gasteiger charge is -2.50. The number of ether oxygens (including phenoxy) is 1. The third-order valence-corrected chi connectivity index (χ3v) is 7.11. The minimum absolute atomic E-state index is 0.191. The van der Waals surface area contributed by atoms with Gasteiger partial charge in [0.1, 0.15) is 0 Å². The minimum atomic E-state index is -0.191. The van der Waals surface area contributed by atoms with E-state index in [0.29, 0.717) is 12.6 Å². The van der Waals surface area contributed by atoms with Crippen molar-refractivity contribution in [2.45, 2.75) is 63.5 Å². The van der Waals surface area contributed by atoms with Crippen LogP contribution in [0, 0.1) is 0 Å². The van der Waals surface area contributed by atoms with E-state index in [2.05, 4.69) is 32.5 Å². The van der Waals surface area contributed by atoms with Crippen LogP contribution in [0.1, 0.15) is 51.9 Å². The summed E-state index contributed by atoms with van der Waals surface area (Å²) in [5, 5.41) is 7.26. The number of likely N-dealkylation sites (tertiary alicyclic amines) is 3. The highest BCUT2D eigenvalue weighted by Gasteiger charge is 2.39. The lowest BCUT2D eigenvalue weighted by atomic mass is 9.84. The fraction of sp³-hybridized carbons (Fsp3) is 0.909. The molecule has 172 valence electrons. The van der Waals surface area contributed by atoms with E-state index >= 15 is 0 Å². The molecular weight excluding hydrogens is 380 g/mol. The van der Waals surface area contributed by atoms with Crippen LogP contribution < -0.4 is 10.6 Å². The molecule has 0 spiro atoms. The van der Waals surface area contributed by atoms with Gasteiger partial charge in [-0.25, -0.2) is 4.79 Å². The van der Waals surface area contributed by atoms with Gasteiger partial charge in [-0.05, 0) is 78.7 Å². The average Bonchev–Trinajstić information content (AvgIpc) is 2.79. The predicted octanol–water partition coefficient (Wildman–Crippen LogP) is 1.72. The van der Waals surface area contributed by atoms with Crippen LogP contribution >= 0.6 is 0 Å². The molecule has 0 atom stereocenters. The number of aliphatic imine (C=N–C) groups is 1. The first-order chi connectivity index (χ1) is 14.6. The fourth-order valence-corrected chi connectivity index (χ4v) is 5.07. The van der Waals surface area contributed by atoms with Crippen molar-refractivity contribution >= 4 is 12.1 Å². The molecule has 3 heterocycles. The molecule has 0 aromatic rings. The highest BCUT2D eigenvalue weighted by atomic mass is 16.6. The van der Waals surface area contributed by atoms with Gasteiger partial charge in [-0.3, -0.25) is 9.89 Å². The number of piperidine rings is 3. The Hall–Kier alpha value is -1.54. The van der Waals surface area contributed by atoms with Crippen LogP contribution in [0.4, 0.5) is 4.79 Å². The number of nitrogens with one attached hydrogen (secondary N) is 2. The van der Waals surface area contributed by atoms with Crippen LogP contribution in [0.15, 0.2) is 4.99 Å². The SMILES string of the molecule is CCOC(=O)N1CCC(NC(=NC)NCC2(N3CCCCC3)CCN(C)CC2)CC1. The molecule has 3 fully saturated rings. The monoisotopic (exact) mass is 422 g/mol. The number of carbonyl (C=O) groups is 1. The molecule has 0 radical (unpaired) electrons. The summed E-state index contributed by atoms with van der Waals surface area (Å²) in [6.07, 6.45) is 8.09. The Kier molecular flexibility index (Phi) is 8.62. The van der Waals surface area contributed by atoms with Gasteiger partial charge in [0.2, 0.25) is 0 Å². The first kappa shape index (κ1) is 23.1. The topological polar surface area (TPSA) is 72.4 Å². The standard InChI is InChI=1S/C22H42N6O2/c1-4-30-21(29)27-14-8-19(9-15-27)25-20(23-2)24-18-22(10-16-26(3)17-11-22)28-12-6-5-7-13-28/h19H,4-18H2,1-3H3,(H2,23,24,25). The fourth-order valence-electron chi connectivity index (χ4n) is 5.07. The number of rotatable bonds is 5. The molecule has 3 aliphatic heterocycles. The molecule has 8 nitrogen and oxygen atoms in total. The average molecular weight is 423 g/mol. The zero-order valence-electron chi connectivity index (χ0n) is 19.3. The van der Waals surface area contributed by atoms with Gasteiger partial charge in [0.15, 0.2) is 5.96 Å². The Balaban J connectivity index is 1.51. The lowest BCUT2D eigenvalue weighted by molar-refractivity contribution is 0.0172. The number of carbonyl (C=O) groups excluding carboxylic acids is 1. The van der Waals surface area contributed by atoms with Crippen molar-refractivity contribution in [1.29, 1.82) is 0 Å². The number of hydrogen-bond donors (Lipinski definition) is 2. The van der Waals surface area contributed by atoms with Gasteiger partial charge in [-0.15, -0.1) is 0 Å². The van der Waals surface area contributed by atoms with E-state index < -0.39 is 0 Å². The van der Waals surface area contributed by atoms with E-state index in [1.807, 2.05) is 18.9 Å². The zero-order valence-corrected chi connectivity index (χ0v) is 19.3. The molecule has 0 aliphatic carbocycles. The molecular formula is C22H42N6O2. The van der Waals surface area contributed by atoms with Crippen LogP contribution in [-0.4, -0.2) is 105 Å². The number of hydrogen-bond acceptors (Lipinski definition) is 5. The quantitative estimate of drug-likeness (QED) is 0.519. The van der Waals surface area contributed by atoms with E-state index in [4.69, 9.17) is 4.74 Å². The lowest BCUT2D eigenvalue weighted by Crippen LogP contribution is -2.62. The van der Waals surface area contributed by atoms with Gasteiger partial charge in [-0.2, -0.15) is 0 Å². The van der Waals surface area contributed by atoms with E-state index in [1.54, 1.807) is 0 Å². The molecule has 30 heavy (non-hydrogen) atoms. The molecule has 0 aromatic carbocycles. The van der Waals surface area contributed by atoms with E-state index in [1.165, 1.54) is 45.2 Å². The van der Waals surface area contributed by atoms with Crippen LogP contribution in [0.3, 0.4) is 0 Å². The second kappa shape index (κ2) is 11.2. The summed E-state index contributed by atoms with van der Waals surface area (Å²) in [5.41, 5.74) is 0.234. The number of guanidine groups is 1. The Morgan fingerprint density at radius 1 is 1.07 bits per heavy atom. The van der Waals surface area contributed by atoms with Crippen LogP contribution in [-0.2, 0) is 4.74 Å². The number of nitrogens with zero attached hydrogens (tertiary/aromatic N) is 4. The highest BCUT2D eigenvalue weighted by molar-refractivity contribution is 5.80. The largest absolute Gasteiger partial charge is 0.450 e. The summed E-state index contributed by atoms with van der Waals surface area (Å²) in [4.78, 5) is 23.4. The number of amides is 1. The molecule has 1 amide bonds. The maximum atomic E-state index is 11.9. The van der Waals surface area contributed by atoms with Crippen LogP contribution in [0.25, 0.3) is 0 Å². The minimum Gasteiger partial charge on any atom is -0.450 e. The third-order valence-electron chi connectivity index (χ3n) is 7.11. The molecule has 0 aromatic heterocycles. The Bertz CT molecular complexity index is 562. The molecule has 0 unspecified atom stereocenters. The van der Waals surface area contributed by atoms with Gasteiger partial charge in [-0.1, -0.05) is 6.42 Å². The van der Waals surface area contributed by atoms with Crippen molar-refractivity contribution in [1.82, 2.24) is 25.3 Å². The van der Waals surface area contributed by atoms with Gasteiger partial charge in [0.25, 0.3) is 0 Å². The molecule has 2 N–H and O–H groups in total. The van der Waals surface area contributed by atoms with Crippen molar-refractivity contribution in [3.63, 3.8) is 0 Å². The summed E-state index contributed by atoms with van der Waals surface area (Å²) in [6.45, 7) is 9.48. The van der Waals surface area contributed by atoms with Gasteiger partial charge in [0.05, 0.1) is 6.61 Å². The van der Waals surface area contributed by atoms with Crippen molar-refractivity contribution in [3.8, 4) is 0 Å². The van der Waals surface area contributed by atoms with Crippen molar-refractivity contribution < 1.29 is 9.53 Å². The Morgan fingerprint density at radius 2 is 1.73 bits per heavy atom. The molecule has 3 rings (SSSR count). The first-order valence-electron chi connectivity index (χ1n) is 11.9. The van der Waals surface area contributed by atoms with Crippen LogP contribution in [0.5, 0.6) is 0 Å². The molecule has 0 saturated carbocycles. The third kappa shape index (κ3) is 6.00. The summed E-state index contributed by atoms with van der Waals surface area (Å²) >= 11 is 0. The summed E-state index contributed by atoms with van der Waals surface area (Å²) in [7, 11) is 4.09. The predicted molar refractivity (Wildman–Crippen MR) is 121 cm³/mol. The summed E-state index contributed by atoms with van der Waals surface area (Å²) < 4.78 is 5.12. The van der Waals surface area contributed by atoms with Crippen molar-refractivity contribution in [3.05, 3.63) is 0 Å². The van der Waals surface area contributed by atoms with Crippen LogP contribution in [0.2, 0.25) is 0 Å². The Morgan fingerprint density at radius 3 is 2.33 bits per heavy atom. The van der Waals surface area contributed by atoms with E-state index in [-0.39, 0.29) is 11.6 Å². The molecule has 0 bridgehead atoms. The second-order valence-electron chi connectivity index (χ2n) is 9.11. The maximum Gasteiger partial charge on any atom is 0.409 e. The second-order valence-corrected chi connectivity index (χ2v) is 9.11. The first-order valence-corrected chi connectivity index (χ1v) is 11.9. The normalized spacial score (nSPS) is 24.5.